The van der Waals surface area contributed by atoms with Crippen LogP contribution >= 0.6 is 12.6 Å². The van der Waals surface area contributed by atoms with Gasteiger partial charge < -0.3 is 10.0 Å². The molecule has 1 N–H and O–H groups in total. The van der Waals surface area contributed by atoms with E-state index in [1.54, 1.807) is 4.90 Å². The fourth-order valence-electron chi connectivity index (χ4n) is 3.02. The van der Waals surface area contributed by atoms with Gasteiger partial charge in [0.1, 0.15) is 6.54 Å². The van der Waals surface area contributed by atoms with Crippen LogP contribution in [0.15, 0.2) is 0 Å². The molecule has 82 valence electrons. The number of carbonyl (C=O) groups is 1. The SMILES string of the molecule is O=C1C2CCC[N+]2=C(O)C2(S)CCCN12. The van der Waals surface area contributed by atoms with Crippen LogP contribution in [0.2, 0.25) is 0 Å². The second-order valence-corrected chi connectivity index (χ2v) is 5.32. The molecule has 2 atom stereocenters. The van der Waals surface area contributed by atoms with Crippen molar-refractivity contribution in [2.24, 2.45) is 0 Å². The Morgan fingerprint density at radius 3 is 3.13 bits per heavy atom. The summed E-state index contributed by atoms with van der Waals surface area (Å²) in [5.74, 6) is 0.447. The highest BCUT2D eigenvalue weighted by molar-refractivity contribution is 7.82. The molecule has 0 aromatic carbocycles. The van der Waals surface area contributed by atoms with E-state index in [0.717, 1.165) is 38.8 Å². The molecule has 1 amide bonds. The summed E-state index contributed by atoms with van der Waals surface area (Å²) in [4.78, 5) is 13.2. The van der Waals surface area contributed by atoms with Gasteiger partial charge in [0.05, 0.1) is 0 Å². The Hall–Kier alpha value is -0.710. The molecular formula is C10H15N2O2S+. The summed E-state index contributed by atoms with van der Waals surface area (Å²) < 4.78 is 1.84. The van der Waals surface area contributed by atoms with Gasteiger partial charge in [-0.05, 0) is 12.8 Å². The average molecular weight is 227 g/mol. The molecule has 0 aliphatic carbocycles. The smallest absolute Gasteiger partial charge is 0.371 e. The molecule has 3 rings (SSSR count). The Morgan fingerprint density at radius 1 is 1.53 bits per heavy atom. The normalized spacial score (nSPS) is 39.7. The highest BCUT2D eigenvalue weighted by atomic mass is 32.1. The summed E-state index contributed by atoms with van der Waals surface area (Å²) in [5, 5.41) is 10.2. The van der Waals surface area contributed by atoms with E-state index in [2.05, 4.69) is 12.6 Å². The third-order valence-electron chi connectivity index (χ3n) is 3.79. The lowest BCUT2D eigenvalue weighted by molar-refractivity contribution is -0.546. The molecular weight excluding hydrogens is 212 g/mol. The van der Waals surface area contributed by atoms with Crippen LogP contribution in [0, 0.1) is 0 Å². The largest absolute Gasteiger partial charge is 0.461 e. The van der Waals surface area contributed by atoms with Crippen molar-refractivity contribution >= 4 is 24.4 Å². The standard InChI is InChI=1S/C10H14N2O2S/c13-8-7-3-1-5-11(7)9(14)10(15)4-2-6-12(8)10/h7,15H,1-6H2/p+1. The van der Waals surface area contributed by atoms with Crippen LogP contribution in [0.4, 0.5) is 0 Å². The van der Waals surface area contributed by atoms with Crippen molar-refractivity contribution in [1.29, 1.82) is 0 Å². The molecule has 0 aromatic rings. The number of nitrogens with zero attached hydrogens (tertiary/aromatic N) is 2. The Kier molecular flexibility index (Phi) is 1.84. The second kappa shape index (κ2) is 2.90. The maximum Gasteiger partial charge on any atom is 0.371 e. The average Bonchev–Trinajstić information content (AvgIpc) is 2.81. The number of rotatable bonds is 0. The van der Waals surface area contributed by atoms with Crippen molar-refractivity contribution in [3.05, 3.63) is 0 Å². The van der Waals surface area contributed by atoms with Gasteiger partial charge in [-0.2, -0.15) is 4.58 Å². The van der Waals surface area contributed by atoms with Gasteiger partial charge in [0, 0.05) is 19.4 Å². The predicted octanol–water partition coefficient (Wildman–Crippen LogP) is 0.380. The van der Waals surface area contributed by atoms with Crippen LogP contribution in [0.25, 0.3) is 0 Å². The van der Waals surface area contributed by atoms with E-state index < -0.39 is 4.87 Å². The summed E-state index contributed by atoms with van der Waals surface area (Å²) in [6.07, 6.45) is 3.54. The first-order valence-corrected chi connectivity index (χ1v) is 5.96. The first-order chi connectivity index (χ1) is 7.14. The van der Waals surface area contributed by atoms with Crippen LogP contribution in [-0.2, 0) is 4.79 Å². The zero-order valence-electron chi connectivity index (χ0n) is 8.52. The van der Waals surface area contributed by atoms with Gasteiger partial charge in [-0.25, -0.2) is 0 Å². The first kappa shape index (κ1) is 9.51. The minimum absolute atomic E-state index is 0.122. The third kappa shape index (κ3) is 1.04. The lowest BCUT2D eigenvalue weighted by Crippen LogP contribution is -2.61. The monoisotopic (exact) mass is 227 g/mol. The number of thiol groups is 1. The maximum atomic E-state index is 12.2. The van der Waals surface area contributed by atoms with E-state index in [1.807, 2.05) is 4.58 Å². The molecule has 0 bridgehead atoms. The lowest BCUT2D eigenvalue weighted by atomic mass is 10.1. The topological polar surface area (TPSA) is 43.6 Å². The molecule has 3 aliphatic rings. The van der Waals surface area contributed by atoms with Crippen molar-refractivity contribution in [1.82, 2.24) is 4.90 Å². The minimum atomic E-state index is -0.710. The van der Waals surface area contributed by atoms with E-state index in [-0.39, 0.29) is 11.9 Å². The molecule has 5 heteroatoms. The molecule has 4 nitrogen and oxygen atoms in total. The van der Waals surface area contributed by atoms with Crippen LogP contribution in [0.1, 0.15) is 25.7 Å². The Bertz CT molecular complexity index is 368. The Labute approximate surface area is 94.0 Å². The van der Waals surface area contributed by atoms with Crippen LogP contribution in [0.5, 0.6) is 0 Å². The Morgan fingerprint density at radius 2 is 2.33 bits per heavy atom. The zero-order chi connectivity index (χ0) is 10.6. The molecule has 15 heavy (non-hydrogen) atoms. The highest BCUT2D eigenvalue weighted by Crippen LogP contribution is 2.38. The van der Waals surface area contributed by atoms with E-state index in [4.69, 9.17) is 0 Å². The molecule has 2 fully saturated rings. The molecule has 3 aliphatic heterocycles. The Balaban J connectivity index is 2.14. The minimum Gasteiger partial charge on any atom is -0.461 e. The molecule has 3 heterocycles. The van der Waals surface area contributed by atoms with Gasteiger partial charge in [-0.15, -0.1) is 12.6 Å². The van der Waals surface area contributed by atoms with Crippen LogP contribution < -0.4 is 0 Å². The van der Waals surface area contributed by atoms with Crippen molar-refractivity contribution in [3.63, 3.8) is 0 Å². The first-order valence-electron chi connectivity index (χ1n) is 5.51. The number of fused-ring (bicyclic) bond motifs is 2. The fraction of sp³-hybridized carbons (Fsp3) is 0.800. The molecule has 0 aromatic heterocycles. The van der Waals surface area contributed by atoms with E-state index >= 15 is 0 Å². The zero-order valence-corrected chi connectivity index (χ0v) is 9.41. The van der Waals surface area contributed by atoms with Crippen molar-refractivity contribution < 1.29 is 14.5 Å². The van der Waals surface area contributed by atoms with E-state index in [1.165, 1.54) is 0 Å². The van der Waals surface area contributed by atoms with Crippen molar-refractivity contribution in [3.8, 4) is 0 Å². The maximum absolute atomic E-state index is 12.2. The summed E-state index contributed by atoms with van der Waals surface area (Å²) in [6, 6.07) is -0.122. The fourth-order valence-corrected chi connectivity index (χ4v) is 3.50. The van der Waals surface area contributed by atoms with Crippen molar-refractivity contribution in [2.45, 2.75) is 36.6 Å². The number of aliphatic hydroxyl groups is 1. The second-order valence-electron chi connectivity index (χ2n) is 4.59. The van der Waals surface area contributed by atoms with Gasteiger partial charge in [0.2, 0.25) is 10.9 Å². The summed E-state index contributed by atoms with van der Waals surface area (Å²) in [7, 11) is 0. The van der Waals surface area contributed by atoms with Gasteiger partial charge in [0.15, 0.2) is 0 Å². The van der Waals surface area contributed by atoms with E-state index in [0.29, 0.717) is 5.90 Å². The molecule has 2 saturated heterocycles. The quantitative estimate of drug-likeness (QED) is 0.464. The highest BCUT2D eigenvalue weighted by Gasteiger charge is 2.59. The van der Waals surface area contributed by atoms with Crippen LogP contribution in [-0.4, -0.2) is 50.4 Å². The number of aliphatic hydroxyl groups excluding tert-OH is 1. The van der Waals surface area contributed by atoms with Gasteiger partial charge in [-0.1, -0.05) is 0 Å². The molecule has 2 unspecified atom stereocenters. The predicted molar refractivity (Wildman–Crippen MR) is 58.4 cm³/mol. The summed E-state index contributed by atoms with van der Waals surface area (Å²) in [5.41, 5.74) is 0. The van der Waals surface area contributed by atoms with Gasteiger partial charge in [0.25, 0.3) is 5.91 Å². The lowest BCUT2D eigenvalue weighted by Gasteiger charge is -2.35. The molecule has 0 spiro atoms. The molecule has 0 radical (unpaired) electrons. The third-order valence-corrected chi connectivity index (χ3v) is 4.45. The number of hydrogen-bond donors (Lipinski definition) is 2. The van der Waals surface area contributed by atoms with Gasteiger partial charge >= 0.3 is 5.90 Å². The summed E-state index contributed by atoms with van der Waals surface area (Å²) in [6.45, 7) is 1.52. The van der Waals surface area contributed by atoms with Crippen LogP contribution in [0.3, 0.4) is 0 Å². The van der Waals surface area contributed by atoms with Gasteiger partial charge in [-0.3, -0.25) is 4.79 Å². The van der Waals surface area contributed by atoms with E-state index in [9.17, 15) is 9.90 Å². The number of hydrogen-bond acceptors (Lipinski definition) is 2. The number of amides is 1. The number of carbonyl (C=O) groups excluding carboxylic acids is 1. The van der Waals surface area contributed by atoms with Crippen molar-refractivity contribution in [2.75, 3.05) is 13.1 Å². The summed E-state index contributed by atoms with van der Waals surface area (Å²) >= 11 is 4.52. The molecule has 0 saturated carbocycles.